The third kappa shape index (κ3) is 16.1. The van der Waals surface area contributed by atoms with Gasteiger partial charge in [0.05, 0.1) is 13.2 Å². The molecule has 1 rings (SSSR count). The van der Waals surface area contributed by atoms with Gasteiger partial charge in [0.1, 0.15) is 0 Å². The summed E-state index contributed by atoms with van der Waals surface area (Å²) in [6, 6.07) is 10.0. The van der Waals surface area contributed by atoms with Crippen LogP contribution in [0.3, 0.4) is 0 Å². The first-order chi connectivity index (χ1) is 12.3. The molecule has 0 spiro atoms. The summed E-state index contributed by atoms with van der Waals surface area (Å²) in [5.74, 6) is -1.59. The lowest BCUT2D eigenvalue weighted by molar-refractivity contribution is -0.141. The molecule has 0 amide bonds. The number of benzene rings is 1. The van der Waals surface area contributed by atoms with Gasteiger partial charge in [-0.25, -0.2) is 9.59 Å². The van der Waals surface area contributed by atoms with E-state index < -0.39 is 11.7 Å². The van der Waals surface area contributed by atoms with Crippen LogP contribution >= 0.6 is 0 Å². The Labute approximate surface area is 156 Å². The second kappa shape index (κ2) is 17.0. The number of rotatable bonds is 7. The van der Waals surface area contributed by atoms with E-state index in [0.29, 0.717) is 12.2 Å². The van der Waals surface area contributed by atoms with E-state index in [0.717, 1.165) is 12.8 Å². The zero-order valence-corrected chi connectivity index (χ0v) is 16.0. The minimum absolute atomic E-state index is 0.262. The molecule has 0 aliphatic heterocycles. The number of ether oxygens (including phenoxy) is 2. The van der Waals surface area contributed by atoms with E-state index in [-0.39, 0.29) is 12.6 Å². The van der Waals surface area contributed by atoms with Gasteiger partial charge in [-0.15, -0.1) is 0 Å². The Hall–Kier alpha value is -2.82. The van der Waals surface area contributed by atoms with Gasteiger partial charge in [0.2, 0.25) is 0 Å². The Kier molecular flexibility index (Phi) is 16.6. The third-order valence-electron chi connectivity index (χ3n) is 2.63. The van der Waals surface area contributed by atoms with Crippen molar-refractivity contribution in [2.24, 2.45) is 0 Å². The molecule has 0 heterocycles. The standard InChI is InChI=1S/C8H14O2.C8H8.C5H8O3/c1-4-5-6-10-8(9)7(2)3;1-2-8-6-4-3-5-7-8;1-3-8-5(7)4(2)6/h2,4-6H2,1,3H3;2-7H,1H2;6H,2-3H2,1H3. The number of hydrogen-bond donors (Lipinski definition) is 1. The van der Waals surface area contributed by atoms with Crippen LogP contribution in [0.1, 0.15) is 39.2 Å². The molecule has 0 unspecified atom stereocenters. The van der Waals surface area contributed by atoms with E-state index >= 15 is 0 Å². The van der Waals surface area contributed by atoms with Gasteiger partial charge in [-0.3, -0.25) is 0 Å². The van der Waals surface area contributed by atoms with Crippen molar-refractivity contribution < 1.29 is 24.2 Å². The van der Waals surface area contributed by atoms with Crippen LogP contribution in [0, 0.1) is 0 Å². The van der Waals surface area contributed by atoms with Gasteiger partial charge in [0, 0.05) is 5.57 Å². The number of hydrogen-bond acceptors (Lipinski definition) is 5. The zero-order valence-electron chi connectivity index (χ0n) is 16.0. The van der Waals surface area contributed by atoms with Crippen LogP contribution in [0.25, 0.3) is 6.08 Å². The number of unbranched alkanes of at least 4 members (excludes halogenated alkanes) is 1. The summed E-state index contributed by atoms with van der Waals surface area (Å²) in [7, 11) is 0. The zero-order chi connectivity index (χ0) is 20.4. The van der Waals surface area contributed by atoms with Crippen molar-refractivity contribution in [1.29, 1.82) is 0 Å². The maximum Gasteiger partial charge on any atom is 0.372 e. The van der Waals surface area contributed by atoms with Gasteiger partial charge < -0.3 is 14.6 Å². The van der Waals surface area contributed by atoms with E-state index in [1.54, 1.807) is 13.8 Å². The Morgan fingerprint density at radius 3 is 1.96 bits per heavy atom. The Balaban J connectivity index is 0. The van der Waals surface area contributed by atoms with Crippen LogP contribution < -0.4 is 0 Å². The van der Waals surface area contributed by atoms with Gasteiger partial charge in [-0.2, -0.15) is 0 Å². The Morgan fingerprint density at radius 1 is 1.08 bits per heavy atom. The van der Waals surface area contributed by atoms with Gasteiger partial charge >= 0.3 is 11.9 Å². The fourth-order valence-electron chi connectivity index (χ4n) is 1.24. The molecule has 0 fully saturated rings. The van der Waals surface area contributed by atoms with Crippen LogP contribution in [-0.4, -0.2) is 30.3 Å². The predicted octanol–water partition coefficient (Wildman–Crippen LogP) is 4.86. The first kappa shape index (κ1) is 25.4. The molecule has 0 saturated heterocycles. The quantitative estimate of drug-likeness (QED) is 0.325. The number of carbonyl (C=O) groups is 2. The van der Waals surface area contributed by atoms with E-state index in [9.17, 15) is 9.59 Å². The highest BCUT2D eigenvalue weighted by Crippen LogP contribution is 1.97. The average molecular weight is 362 g/mol. The summed E-state index contributed by atoms with van der Waals surface area (Å²) in [6.07, 6.45) is 3.81. The van der Waals surface area contributed by atoms with Crippen molar-refractivity contribution in [2.75, 3.05) is 13.2 Å². The van der Waals surface area contributed by atoms with Crippen molar-refractivity contribution in [1.82, 2.24) is 0 Å². The van der Waals surface area contributed by atoms with E-state index in [2.05, 4.69) is 31.4 Å². The lowest BCUT2D eigenvalue weighted by Crippen LogP contribution is -2.05. The lowest BCUT2D eigenvalue weighted by atomic mass is 10.2. The van der Waals surface area contributed by atoms with Gasteiger partial charge in [-0.1, -0.05) is 62.9 Å². The highest BCUT2D eigenvalue weighted by atomic mass is 16.5. The molecule has 0 radical (unpaired) electrons. The second-order valence-corrected chi connectivity index (χ2v) is 5.05. The highest BCUT2D eigenvalue weighted by molar-refractivity contribution is 5.86. The van der Waals surface area contributed by atoms with Gasteiger partial charge in [0.25, 0.3) is 0 Å². The lowest BCUT2D eigenvalue weighted by Gasteiger charge is -2.01. The molecule has 0 bridgehead atoms. The fraction of sp³-hybridized carbons (Fsp3) is 0.333. The average Bonchev–Trinajstić information content (AvgIpc) is 2.63. The normalized spacial score (nSPS) is 8.58. The van der Waals surface area contributed by atoms with E-state index in [1.165, 1.54) is 5.56 Å². The van der Waals surface area contributed by atoms with Gasteiger partial charge in [0.15, 0.2) is 5.76 Å². The minimum Gasteiger partial charge on any atom is -0.502 e. The summed E-state index contributed by atoms with van der Waals surface area (Å²) < 4.78 is 9.12. The number of aliphatic hydroxyl groups excluding tert-OH is 1. The largest absolute Gasteiger partial charge is 0.502 e. The molecule has 144 valence electrons. The van der Waals surface area contributed by atoms with Crippen LogP contribution in [0.15, 0.2) is 61.4 Å². The predicted molar refractivity (Wildman–Crippen MR) is 106 cm³/mol. The Bertz CT molecular complexity index is 561. The van der Waals surface area contributed by atoms with E-state index in [4.69, 9.17) is 9.84 Å². The summed E-state index contributed by atoms with van der Waals surface area (Å²) in [4.78, 5) is 20.9. The SMILES string of the molecule is C=C(C)C(=O)OCCCC.C=C(O)C(=O)OCC.C=Cc1ccccc1. The number of esters is 2. The number of carbonyl (C=O) groups excluding carboxylic acids is 2. The molecular weight excluding hydrogens is 332 g/mol. The molecule has 0 atom stereocenters. The summed E-state index contributed by atoms with van der Waals surface area (Å²) in [5.41, 5.74) is 1.64. The van der Waals surface area contributed by atoms with Crippen molar-refractivity contribution in [3.05, 3.63) is 67.0 Å². The molecule has 0 aliphatic rings. The maximum atomic E-state index is 10.7. The third-order valence-corrected chi connectivity index (χ3v) is 2.63. The first-order valence-corrected chi connectivity index (χ1v) is 8.35. The summed E-state index contributed by atoms with van der Waals surface area (Å²) in [6.45, 7) is 16.2. The monoisotopic (exact) mass is 362 g/mol. The molecule has 0 aromatic heterocycles. The number of aliphatic hydroxyl groups is 1. The first-order valence-electron chi connectivity index (χ1n) is 8.35. The molecular formula is C21H30O5. The molecule has 1 aromatic rings. The van der Waals surface area contributed by atoms with Crippen LogP contribution in [0.5, 0.6) is 0 Å². The maximum absolute atomic E-state index is 10.7. The molecule has 0 aliphatic carbocycles. The van der Waals surface area contributed by atoms with Crippen molar-refractivity contribution in [3.8, 4) is 0 Å². The highest BCUT2D eigenvalue weighted by Gasteiger charge is 2.02. The molecule has 0 saturated carbocycles. The van der Waals surface area contributed by atoms with E-state index in [1.807, 2.05) is 36.4 Å². The summed E-state index contributed by atoms with van der Waals surface area (Å²) >= 11 is 0. The fourth-order valence-corrected chi connectivity index (χ4v) is 1.24. The van der Waals surface area contributed by atoms with Crippen LogP contribution in [0.4, 0.5) is 0 Å². The van der Waals surface area contributed by atoms with Crippen molar-refractivity contribution in [2.45, 2.75) is 33.6 Å². The van der Waals surface area contributed by atoms with Crippen molar-refractivity contribution >= 4 is 18.0 Å². The second-order valence-electron chi connectivity index (χ2n) is 5.05. The topological polar surface area (TPSA) is 72.8 Å². The van der Waals surface area contributed by atoms with Crippen LogP contribution in [0.2, 0.25) is 0 Å². The molecule has 26 heavy (non-hydrogen) atoms. The van der Waals surface area contributed by atoms with Gasteiger partial charge in [-0.05, 0) is 32.4 Å². The summed E-state index contributed by atoms with van der Waals surface area (Å²) in [5, 5.41) is 8.28. The molecule has 1 N–H and O–H groups in total. The molecule has 1 aromatic carbocycles. The minimum atomic E-state index is -0.757. The smallest absolute Gasteiger partial charge is 0.372 e. The molecule has 5 nitrogen and oxygen atoms in total. The van der Waals surface area contributed by atoms with Crippen molar-refractivity contribution in [3.63, 3.8) is 0 Å². The Morgan fingerprint density at radius 2 is 1.65 bits per heavy atom. The van der Waals surface area contributed by atoms with Crippen LogP contribution in [-0.2, 0) is 19.1 Å². The molecule has 5 heteroatoms.